The Balaban J connectivity index is 1.52. The van der Waals surface area contributed by atoms with Crippen LogP contribution in [0.3, 0.4) is 0 Å². The minimum Gasteiger partial charge on any atom is -0.361 e. The van der Waals surface area contributed by atoms with Crippen LogP contribution in [0.2, 0.25) is 0 Å². The first-order chi connectivity index (χ1) is 13.7. The van der Waals surface area contributed by atoms with Crippen LogP contribution in [0.1, 0.15) is 50.7 Å². The maximum Gasteiger partial charge on any atom is 0.191 e. The SMILES string of the molecule is CCCCN1CCC(NC(=NCCc2c[nH]c3c(C)cccc23)NCC)CC1. The third-order valence-electron chi connectivity index (χ3n) is 5.76. The summed E-state index contributed by atoms with van der Waals surface area (Å²) in [6.45, 7) is 11.9. The van der Waals surface area contributed by atoms with E-state index in [9.17, 15) is 0 Å². The molecule has 154 valence electrons. The summed E-state index contributed by atoms with van der Waals surface area (Å²) in [5.41, 5.74) is 3.90. The molecule has 0 atom stereocenters. The van der Waals surface area contributed by atoms with Gasteiger partial charge in [-0.3, -0.25) is 4.99 Å². The van der Waals surface area contributed by atoms with Gasteiger partial charge in [-0.1, -0.05) is 31.5 Å². The lowest BCUT2D eigenvalue weighted by molar-refractivity contribution is 0.203. The third-order valence-corrected chi connectivity index (χ3v) is 5.76. The summed E-state index contributed by atoms with van der Waals surface area (Å²) in [5, 5.41) is 8.41. The van der Waals surface area contributed by atoms with Crippen LogP contribution in [0.4, 0.5) is 0 Å². The Morgan fingerprint density at radius 3 is 2.82 bits per heavy atom. The van der Waals surface area contributed by atoms with Crippen LogP contribution in [0.25, 0.3) is 10.9 Å². The molecule has 0 spiro atoms. The Kier molecular flexibility index (Phi) is 7.78. The topological polar surface area (TPSA) is 55.5 Å². The number of aromatic amines is 1. The Morgan fingerprint density at radius 2 is 2.07 bits per heavy atom. The van der Waals surface area contributed by atoms with E-state index in [0.29, 0.717) is 6.04 Å². The third kappa shape index (κ3) is 5.51. The molecule has 3 N–H and O–H groups in total. The largest absolute Gasteiger partial charge is 0.361 e. The molecule has 5 nitrogen and oxygen atoms in total. The molecular formula is C23H37N5. The highest BCUT2D eigenvalue weighted by Gasteiger charge is 2.19. The number of nitrogens with zero attached hydrogens (tertiary/aromatic N) is 2. The predicted octanol–water partition coefficient (Wildman–Crippen LogP) is 3.84. The van der Waals surface area contributed by atoms with E-state index < -0.39 is 0 Å². The number of aryl methyl sites for hydroxylation is 1. The zero-order chi connectivity index (χ0) is 19.8. The minimum absolute atomic E-state index is 0.534. The fourth-order valence-electron chi connectivity index (χ4n) is 4.05. The van der Waals surface area contributed by atoms with E-state index in [1.165, 1.54) is 67.3 Å². The summed E-state index contributed by atoms with van der Waals surface area (Å²) in [7, 11) is 0. The van der Waals surface area contributed by atoms with Crippen LogP contribution >= 0.6 is 0 Å². The monoisotopic (exact) mass is 383 g/mol. The molecule has 5 heteroatoms. The fraction of sp³-hybridized carbons (Fsp3) is 0.609. The van der Waals surface area contributed by atoms with E-state index in [1.54, 1.807) is 0 Å². The van der Waals surface area contributed by atoms with E-state index in [0.717, 1.165) is 25.5 Å². The first kappa shape index (κ1) is 20.7. The molecule has 0 amide bonds. The van der Waals surface area contributed by atoms with Crippen molar-refractivity contribution in [1.29, 1.82) is 0 Å². The summed E-state index contributed by atoms with van der Waals surface area (Å²) >= 11 is 0. The number of benzene rings is 1. The lowest BCUT2D eigenvalue weighted by Gasteiger charge is -2.33. The number of para-hydroxylation sites is 1. The number of nitrogens with one attached hydrogen (secondary N) is 3. The molecule has 1 fully saturated rings. The zero-order valence-corrected chi connectivity index (χ0v) is 17.9. The summed E-state index contributed by atoms with van der Waals surface area (Å²) in [6.07, 6.45) is 8.10. The first-order valence-electron chi connectivity index (χ1n) is 11.0. The number of H-pyrrole nitrogens is 1. The number of rotatable bonds is 8. The van der Waals surface area contributed by atoms with E-state index in [-0.39, 0.29) is 0 Å². The number of unbranched alkanes of at least 4 members (excludes halogenated alkanes) is 1. The average molecular weight is 384 g/mol. The second-order valence-electron chi connectivity index (χ2n) is 7.94. The molecule has 1 aromatic heterocycles. The Hall–Kier alpha value is -2.01. The molecule has 2 aromatic rings. The highest BCUT2D eigenvalue weighted by molar-refractivity contribution is 5.86. The van der Waals surface area contributed by atoms with E-state index in [1.807, 2.05) is 0 Å². The number of hydrogen-bond acceptors (Lipinski definition) is 2. The maximum absolute atomic E-state index is 4.85. The molecule has 2 heterocycles. The average Bonchev–Trinajstić information content (AvgIpc) is 3.12. The van der Waals surface area contributed by atoms with E-state index >= 15 is 0 Å². The normalized spacial score (nSPS) is 16.6. The van der Waals surface area contributed by atoms with Gasteiger partial charge in [0.25, 0.3) is 0 Å². The van der Waals surface area contributed by atoms with Gasteiger partial charge < -0.3 is 20.5 Å². The maximum atomic E-state index is 4.85. The second-order valence-corrected chi connectivity index (χ2v) is 7.94. The Morgan fingerprint density at radius 1 is 1.25 bits per heavy atom. The molecule has 0 aliphatic carbocycles. The zero-order valence-electron chi connectivity index (χ0n) is 17.9. The second kappa shape index (κ2) is 10.5. The van der Waals surface area contributed by atoms with Crippen LogP contribution in [0, 0.1) is 6.92 Å². The van der Waals surface area contributed by atoms with Crippen molar-refractivity contribution >= 4 is 16.9 Å². The van der Waals surface area contributed by atoms with Crippen LogP contribution < -0.4 is 10.6 Å². The highest BCUT2D eigenvalue weighted by Crippen LogP contribution is 2.21. The molecule has 1 saturated heterocycles. The molecule has 28 heavy (non-hydrogen) atoms. The van der Waals surface area contributed by atoms with Crippen molar-refractivity contribution in [3.63, 3.8) is 0 Å². The molecule has 1 aromatic carbocycles. The Labute approximate surface area is 170 Å². The molecular weight excluding hydrogens is 346 g/mol. The predicted molar refractivity (Wildman–Crippen MR) is 120 cm³/mol. The number of likely N-dealkylation sites (tertiary alicyclic amines) is 1. The molecule has 1 aliphatic rings. The number of aliphatic imine (C=N–C) groups is 1. The number of fused-ring (bicyclic) bond motifs is 1. The summed E-state index contributed by atoms with van der Waals surface area (Å²) < 4.78 is 0. The smallest absolute Gasteiger partial charge is 0.191 e. The van der Waals surface area contributed by atoms with Crippen molar-refractivity contribution in [3.8, 4) is 0 Å². The van der Waals surface area contributed by atoms with Crippen LogP contribution in [-0.4, -0.2) is 54.6 Å². The lowest BCUT2D eigenvalue weighted by atomic mass is 10.0. The standard InChI is InChI=1S/C23H37N5/c1-4-6-14-28-15-11-20(12-16-28)27-23(24-5-2)25-13-10-19-17-26-22-18(3)8-7-9-21(19)22/h7-9,17,20,26H,4-6,10-16H2,1-3H3,(H2,24,25,27). The highest BCUT2D eigenvalue weighted by atomic mass is 15.2. The van der Waals surface area contributed by atoms with Gasteiger partial charge in [-0.15, -0.1) is 0 Å². The first-order valence-corrected chi connectivity index (χ1v) is 11.0. The van der Waals surface area contributed by atoms with Crippen molar-refractivity contribution < 1.29 is 0 Å². The minimum atomic E-state index is 0.534. The van der Waals surface area contributed by atoms with Crippen LogP contribution in [-0.2, 0) is 6.42 Å². The van der Waals surface area contributed by atoms with Crippen molar-refractivity contribution in [2.45, 2.75) is 58.9 Å². The molecule has 0 saturated carbocycles. The molecule has 1 aliphatic heterocycles. The summed E-state index contributed by atoms with van der Waals surface area (Å²) in [6, 6.07) is 7.03. The van der Waals surface area contributed by atoms with Crippen molar-refractivity contribution in [3.05, 3.63) is 35.5 Å². The van der Waals surface area contributed by atoms with Gasteiger partial charge in [-0.2, -0.15) is 0 Å². The van der Waals surface area contributed by atoms with Gasteiger partial charge in [0.05, 0.1) is 0 Å². The number of piperidine rings is 1. The van der Waals surface area contributed by atoms with Gasteiger partial charge >= 0.3 is 0 Å². The summed E-state index contributed by atoms with van der Waals surface area (Å²) in [5.74, 6) is 0.963. The van der Waals surface area contributed by atoms with E-state index in [2.05, 4.69) is 65.7 Å². The van der Waals surface area contributed by atoms with Gasteiger partial charge in [0.1, 0.15) is 0 Å². The van der Waals surface area contributed by atoms with Crippen molar-refractivity contribution in [1.82, 2.24) is 20.5 Å². The van der Waals surface area contributed by atoms with Crippen molar-refractivity contribution in [2.75, 3.05) is 32.7 Å². The Bertz CT molecular complexity index is 755. The van der Waals surface area contributed by atoms with Crippen LogP contribution in [0.5, 0.6) is 0 Å². The fourth-order valence-corrected chi connectivity index (χ4v) is 4.05. The molecule has 3 rings (SSSR count). The van der Waals surface area contributed by atoms with Gasteiger partial charge in [-0.25, -0.2) is 0 Å². The van der Waals surface area contributed by atoms with Gasteiger partial charge in [-0.05, 0) is 57.2 Å². The number of aromatic nitrogens is 1. The summed E-state index contributed by atoms with van der Waals surface area (Å²) in [4.78, 5) is 10.9. The molecule has 0 bridgehead atoms. The van der Waals surface area contributed by atoms with Gasteiger partial charge in [0.15, 0.2) is 5.96 Å². The lowest BCUT2D eigenvalue weighted by Crippen LogP contribution is -2.48. The van der Waals surface area contributed by atoms with Gasteiger partial charge in [0.2, 0.25) is 0 Å². The van der Waals surface area contributed by atoms with E-state index in [4.69, 9.17) is 4.99 Å². The number of hydrogen-bond donors (Lipinski definition) is 3. The van der Waals surface area contributed by atoms with Crippen LogP contribution in [0.15, 0.2) is 29.4 Å². The molecule has 0 unspecified atom stereocenters. The number of guanidine groups is 1. The molecule has 0 radical (unpaired) electrons. The van der Waals surface area contributed by atoms with Crippen molar-refractivity contribution in [2.24, 2.45) is 4.99 Å². The van der Waals surface area contributed by atoms with Gasteiger partial charge in [0, 0.05) is 49.3 Å². The quantitative estimate of drug-likeness (QED) is 0.479.